The van der Waals surface area contributed by atoms with Gasteiger partial charge in [0.1, 0.15) is 0 Å². The predicted octanol–water partition coefficient (Wildman–Crippen LogP) is 5.97. The summed E-state index contributed by atoms with van der Waals surface area (Å²) >= 11 is 3.60. The molecule has 0 amide bonds. The molecule has 0 unspecified atom stereocenters. The molecule has 0 saturated carbocycles. The molecule has 0 aliphatic heterocycles. The van der Waals surface area contributed by atoms with E-state index in [2.05, 4.69) is 89.9 Å². The van der Waals surface area contributed by atoms with Gasteiger partial charge in [-0.1, -0.05) is 97.4 Å². The molecule has 3 aromatic rings. The first-order valence-electron chi connectivity index (χ1n) is 9.28. The number of benzene rings is 3. The molecule has 0 N–H and O–H groups in total. The summed E-state index contributed by atoms with van der Waals surface area (Å²) in [7, 11) is 0. The minimum absolute atomic E-state index is 0.255. The van der Waals surface area contributed by atoms with Crippen LogP contribution in [0.15, 0.2) is 91.0 Å². The zero-order valence-corrected chi connectivity index (χ0v) is 16.1. The number of hydrogen-bond acceptors (Lipinski definition) is 3. The maximum atomic E-state index is 11.4. The van der Waals surface area contributed by atoms with Crippen molar-refractivity contribution in [1.29, 1.82) is 0 Å². The Hall–Kier alpha value is -2.52. The minimum atomic E-state index is -0.275. The summed E-state index contributed by atoms with van der Waals surface area (Å²) in [5, 5.41) is 0. The summed E-state index contributed by atoms with van der Waals surface area (Å²) in [6.07, 6.45) is 2.97. The second-order valence-corrected chi connectivity index (χ2v) is 6.86. The van der Waals surface area contributed by atoms with Gasteiger partial charge in [0.2, 0.25) is 0 Å². The number of unbranched alkanes of at least 4 members (excludes halogenated alkanes) is 1. The lowest BCUT2D eigenvalue weighted by molar-refractivity contribution is -0.133. The molecule has 0 spiro atoms. The van der Waals surface area contributed by atoms with Crippen LogP contribution in [0, 0.1) is 0 Å². The van der Waals surface area contributed by atoms with Gasteiger partial charge in [-0.2, -0.15) is 0 Å². The lowest BCUT2D eigenvalue weighted by Crippen LogP contribution is -2.29. The van der Waals surface area contributed by atoms with Crippen molar-refractivity contribution < 1.29 is 8.98 Å². The van der Waals surface area contributed by atoms with E-state index in [1.54, 1.807) is 0 Å². The van der Waals surface area contributed by atoms with Crippen molar-refractivity contribution in [3.63, 3.8) is 0 Å². The van der Waals surface area contributed by atoms with E-state index >= 15 is 0 Å². The Morgan fingerprint density at radius 3 is 1.48 bits per heavy atom. The maximum Gasteiger partial charge on any atom is 0.317 e. The van der Waals surface area contributed by atoms with Crippen LogP contribution in [0.2, 0.25) is 0 Å². The third-order valence-electron chi connectivity index (χ3n) is 5.08. The summed E-state index contributed by atoms with van der Waals surface area (Å²) in [5.74, 6) is -0.275. The van der Waals surface area contributed by atoms with Gasteiger partial charge >= 0.3 is 5.97 Å². The Morgan fingerprint density at radius 2 is 1.11 bits per heavy atom. The van der Waals surface area contributed by atoms with Crippen molar-refractivity contribution in [1.82, 2.24) is 0 Å². The van der Waals surface area contributed by atoms with Crippen molar-refractivity contribution in [3.8, 4) is 0 Å². The number of rotatable bonds is 8. The highest BCUT2D eigenvalue weighted by Gasteiger charge is 2.35. The highest BCUT2D eigenvalue weighted by atomic mass is 32.1. The third-order valence-corrected chi connectivity index (χ3v) is 5.29. The summed E-state index contributed by atoms with van der Waals surface area (Å²) in [6.45, 7) is 0. The highest BCUT2D eigenvalue weighted by molar-refractivity contribution is 7.75. The number of thiol groups is 1. The number of carbonyl (C=O) groups excluding carboxylic acids is 1. The molecule has 0 aliphatic carbocycles. The summed E-state index contributed by atoms with van der Waals surface area (Å²) < 4.78 is 4.49. The zero-order chi connectivity index (χ0) is 19.0. The fourth-order valence-corrected chi connectivity index (χ4v) is 3.90. The van der Waals surface area contributed by atoms with Crippen molar-refractivity contribution in [2.75, 3.05) is 0 Å². The van der Waals surface area contributed by atoms with Gasteiger partial charge in [-0.3, -0.25) is 4.79 Å². The largest absolute Gasteiger partial charge is 0.395 e. The van der Waals surface area contributed by atoms with Gasteiger partial charge in [-0.05, 0) is 29.5 Å². The van der Waals surface area contributed by atoms with Crippen LogP contribution in [0.3, 0.4) is 0 Å². The van der Waals surface area contributed by atoms with E-state index in [9.17, 15) is 4.79 Å². The third kappa shape index (κ3) is 4.42. The molecule has 3 rings (SSSR count). The predicted molar refractivity (Wildman–Crippen MR) is 113 cm³/mol. The van der Waals surface area contributed by atoms with Crippen LogP contribution < -0.4 is 0 Å². The van der Waals surface area contributed by atoms with Crippen LogP contribution in [0.25, 0.3) is 0 Å². The van der Waals surface area contributed by atoms with E-state index in [1.165, 1.54) is 16.7 Å². The Bertz CT molecular complexity index is 735. The SMILES string of the molecule is O=C(CCCCC(c1ccccc1)(c1ccccc1)c1ccccc1)OS. The summed E-state index contributed by atoms with van der Waals surface area (Å²) in [5.41, 5.74) is 3.53. The zero-order valence-electron chi connectivity index (χ0n) is 15.3. The van der Waals surface area contributed by atoms with Gasteiger partial charge in [0, 0.05) is 24.7 Å². The van der Waals surface area contributed by atoms with E-state index in [-0.39, 0.29) is 11.4 Å². The molecule has 0 saturated heterocycles. The van der Waals surface area contributed by atoms with Gasteiger partial charge in [0.05, 0.1) is 0 Å². The molecule has 0 aromatic heterocycles. The van der Waals surface area contributed by atoms with Crippen molar-refractivity contribution in [2.45, 2.75) is 31.1 Å². The van der Waals surface area contributed by atoms with Crippen LogP contribution in [-0.2, 0) is 14.4 Å². The quantitative estimate of drug-likeness (QED) is 0.227. The maximum absolute atomic E-state index is 11.4. The molecule has 0 atom stereocenters. The average molecular weight is 377 g/mol. The summed E-state index contributed by atoms with van der Waals surface area (Å²) in [4.78, 5) is 11.4. The van der Waals surface area contributed by atoms with E-state index in [4.69, 9.17) is 0 Å². The number of carbonyl (C=O) groups is 1. The van der Waals surface area contributed by atoms with Crippen molar-refractivity contribution in [3.05, 3.63) is 108 Å². The molecular formula is C24H24O2S. The van der Waals surface area contributed by atoms with Gasteiger partial charge in [-0.25, -0.2) is 0 Å². The van der Waals surface area contributed by atoms with Crippen molar-refractivity contribution >= 4 is 18.9 Å². The molecule has 138 valence electrons. The normalized spacial score (nSPS) is 11.1. The fourth-order valence-electron chi connectivity index (χ4n) is 3.81. The lowest BCUT2D eigenvalue weighted by atomic mass is 9.66. The standard InChI is InChI=1S/C24H24O2S/c25-23(26-27)18-10-11-19-24(20-12-4-1-5-13-20,21-14-6-2-7-15-21)22-16-8-3-9-17-22/h1-9,12-17,27H,10-11,18-19H2. The van der Waals surface area contributed by atoms with Crippen molar-refractivity contribution in [2.24, 2.45) is 0 Å². The molecule has 0 radical (unpaired) electrons. The molecule has 3 aromatic carbocycles. The lowest BCUT2D eigenvalue weighted by Gasteiger charge is -2.36. The van der Waals surface area contributed by atoms with Gasteiger partial charge in [0.15, 0.2) is 0 Å². The van der Waals surface area contributed by atoms with Crippen LogP contribution in [0.1, 0.15) is 42.4 Å². The smallest absolute Gasteiger partial charge is 0.317 e. The first-order valence-corrected chi connectivity index (χ1v) is 9.65. The molecule has 2 nitrogen and oxygen atoms in total. The topological polar surface area (TPSA) is 26.3 Å². The molecule has 0 aliphatic rings. The average Bonchev–Trinajstić information content (AvgIpc) is 2.75. The van der Waals surface area contributed by atoms with Gasteiger partial charge in [-0.15, -0.1) is 0 Å². The van der Waals surface area contributed by atoms with Crippen LogP contribution in [0.5, 0.6) is 0 Å². The van der Waals surface area contributed by atoms with Crippen LogP contribution >= 0.6 is 12.9 Å². The molecule has 0 heterocycles. The fraction of sp³-hybridized carbons (Fsp3) is 0.208. The first-order chi connectivity index (χ1) is 13.3. The molecule has 3 heteroatoms. The Morgan fingerprint density at radius 1 is 0.704 bits per heavy atom. The molecule has 0 bridgehead atoms. The monoisotopic (exact) mass is 376 g/mol. The van der Waals surface area contributed by atoms with Crippen LogP contribution in [0.4, 0.5) is 0 Å². The van der Waals surface area contributed by atoms with E-state index in [0.29, 0.717) is 6.42 Å². The molecular weight excluding hydrogens is 352 g/mol. The van der Waals surface area contributed by atoms with Gasteiger partial charge in [0.25, 0.3) is 0 Å². The highest BCUT2D eigenvalue weighted by Crippen LogP contribution is 2.43. The molecule has 27 heavy (non-hydrogen) atoms. The van der Waals surface area contributed by atoms with E-state index in [0.717, 1.165) is 19.3 Å². The minimum Gasteiger partial charge on any atom is -0.395 e. The Labute approximate surface area is 166 Å². The molecule has 0 fully saturated rings. The first kappa shape index (κ1) is 19.2. The second kappa shape index (κ2) is 9.43. The summed E-state index contributed by atoms with van der Waals surface area (Å²) in [6, 6.07) is 31.9. The van der Waals surface area contributed by atoms with Gasteiger partial charge < -0.3 is 4.18 Å². The van der Waals surface area contributed by atoms with E-state index in [1.807, 2.05) is 18.2 Å². The second-order valence-electron chi connectivity index (χ2n) is 6.67. The number of hydrogen-bond donors (Lipinski definition) is 1. The van der Waals surface area contributed by atoms with E-state index < -0.39 is 0 Å². The Balaban J connectivity index is 2.04. The van der Waals surface area contributed by atoms with Crippen LogP contribution in [-0.4, -0.2) is 5.97 Å². The Kier molecular flexibility index (Phi) is 6.72.